The number of hydrogen-bond acceptors (Lipinski definition) is 1. The molecule has 0 atom stereocenters. The highest BCUT2D eigenvalue weighted by atomic mass is 16.1. The number of ketones is 1. The largest absolute Gasteiger partial charge is 0.289 e. The summed E-state index contributed by atoms with van der Waals surface area (Å²) >= 11 is 0. The third-order valence-electron chi connectivity index (χ3n) is 3.35. The molecule has 0 saturated heterocycles. The lowest BCUT2D eigenvalue weighted by atomic mass is 9.90. The second-order valence-corrected chi connectivity index (χ2v) is 4.62. The summed E-state index contributed by atoms with van der Waals surface area (Å²) in [5.74, 6) is 0.329. The summed E-state index contributed by atoms with van der Waals surface area (Å²) in [5.41, 5.74) is 2.12. The third kappa shape index (κ3) is 2.94. The zero-order valence-electron chi connectivity index (χ0n) is 9.87. The smallest absolute Gasteiger partial charge is 0.184 e. The van der Waals surface area contributed by atoms with Crippen molar-refractivity contribution in [1.82, 2.24) is 0 Å². The van der Waals surface area contributed by atoms with Crippen LogP contribution < -0.4 is 0 Å². The minimum Gasteiger partial charge on any atom is -0.289 e. The fourth-order valence-electron chi connectivity index (χ4n) is 2.39. The van der Waals surface area contributed by atoms with E-state index in [1.54, 1.807) is 0 Å². The van der Waals surface area contributed by atoms with Crippen molar-refractivity contribution >= 4 is 5.78 Å². The predicted molar refractivity (Wildman–Crippen MR) is 67.2 cm³/mol. The van der Waals surface area contributed by atoms with Gasteiger partial charge in [0.1, 0.15) is 0 Å². The number of allylic oxidation sites excluding steroid dienone is 6. The average Bonchev–Trinajstić information content (AvgIpc) is 2.29. The van der Waals surface area contributed by atoms with Crippen LogP contribution in [0, 0.1) is 0 Å². The highest BCUT2D eigenvalue weighted by molar-refractivity contribution is 6.08. The Hall–Kier alpha value is -1.11. The topological polar surface area (TPSA) is 17.1 Å². The lowest BCUT2D eigenvalue weighted by Gasteiger charge is -2.14. The quantitative estimate of drug-likeness (QED) is 0.635. The first-order valence-corrected chi connectivity index (χ1v) is 6.45. The first-order chi connectivity index (χ1) is 7.88. The van der Waals surface area contributed by atoms with E-state index in [9.17, 15) is 4.79 Å². The maximum absolute atomic E-state index is 12.3. The second kappa shape index (κ2) is 5.83. The molecule has 0 fully saturated rings. The predicted octanol–water partition coefficient (Wildman–Crippen LogP) is 4.11. The van der Waals surface area contributed by atoms with Crippen molar-refractivity contribution in [2.75, 3.05) is 0 Å². The standard InChI is InChI=1S/C15H20O/c16-15(14-11-7-4-8-12-14)13-9-5-2-1-3-6-10-13/h1-2,10-11H,3-9,12H2/b2-1-,13-10+. The highest BCUT2D eigenvalue weighted by Crippen LogP contribution is 2.23. The summed E-state index contributed by atoms with van der Waals surface area (Å²) in [7, 11) is 0. The van der Waals surface area contributed by atoms with Crippen molar-refractivity contribution in [3.8, 4) is 0 Å². The number of hydrogen-bond donors (Lipinski definition) is 0. The van der Waals surface area contributed by atoms with E-state index in [0.29, 0.717) is 5.78 Å². The van der Waals surface area contributed by atoms with E-state index in [0.717, 1.165) is 49.7 Å². The summed E-state index contributed by atoms with van der Waals surface area (Å²) in [6.45, 7) is 0. The van der Waals surface area contributed by atoms with E-state index < -0.39 is 0 Å². The maximum atomic E-state index is 12.3. The summed E-state index contributed by atoms with van der Waals surface area (Å²) in [4.78, 5) is 12.3. The zero-order chi connectivity index (χ0) is 11.2. The Morgan fingerprint density at radius 2 is 1.56 bits per heavy atom. The molecule has 0 bridgehead atoms. The van der Waals surface area contributed by atoms with Crippen molar-refractivity contribution in [3.05, 3.63) is 35.5 Å². The Morgan fingerprint density at radius 3 is 2.38 bits per heavy atom. The van der Waals surface area contributed by atoms with E-state index in [-0.39, 0.29) is 0 Å². The van der Waals surface area contributed by atoms with Crippen molar-refractivity contribution in [1.29, 1.82) is 0 Å². The molecule has 2 rings (SSSR count). The third-order valence-corrected chi connectivity index (χ3v) is 3.35. The number of carbonyl (C=O) groups excluding carboxylic acids is 1. The van der Waals surface area contributed by atoms with Gasteiger partial charge in [-0.2, -0.15) is 0 Å². The lowest BCUT2D eigenvalue weighted by molar-refractivity contribution is -0.112. The van der Waals surface area contributed by atoms with Gasteiger partial charge in [0.2, 0.25) is 0 Å². The molecule has 1 nitrogen and oxygen atoms in total. The van der Waals surface area contributed by atoms with Gasteiger partial charge in [0.05, 0.1) is 0 Å². The number of carbonyl (C=O) groups is 1. The normalized spacial score (nSPS) is 27.0. The van der Waals surface area contributed by atoms with Crippen LogP contribution in [0.2, 0.25) is 0 Å². The fourth-order valence-corrected chi connectivity index (χ4v) is 2.39. The Labute approximate surface area is 97.9 Å². The van der Waals surface area contributed by atoms with Crippen LogP contribution in [0.3, 0.4) is 0 Å². The van der Waals surface area contributed by atoms with Crippen LogP contribution in [-0.4, -0.2) is 5.78 Å². The molecule has 1 heteroatoms. The summed E-state index contributed by atoms with van der Waals surface area (Å²) < 4.78 is 0. The average molecular weight is 216 g/mol. The van der Waals surface area contributed by atoms with Crippen LogP contribution >= 0.6 is 0 Å². The van der Waals surface area contributed by atoms with Crippen LogP contribution in [0.4, 0.5) is 0 Å². The van der Waals surface area contributed by atoms with Crippen molar-refractivity contribution in [3.63, 3.8) is 0 Å². The molecular formula is C15H20O. The van der Waals surface area contributed by atoms with Gasteiger partial charge >= 0.3 is 0 Å². The van der Waals surface area contributed by atoms with E-state index in [4.69, 9.17) is 0 Å². The van der Waals surface area contributed by atoms with E-state index in [2.05, 4.69) is 24.3 Å². The molecule has 0 aromatic heterocycles. The van der Waals surface area contributed by atoms with E-state index >= 15 is 0 Å². The summed E-state index contributed by atoms with van der Waals surface area (Å²) in [6, 6.07) is 0. The van der Waals surface area contributed by atoms with Gasteiger partial charge in [-0.05, 0) is 62.5 Å². The van der Waals surface area contributed by atoms with Crippen LogP contribution in [0.25, 0.3) is 0 Å². The minimum absolute atomic E-state index is 0.329. The van der Waals surface area contributed by atoms with Crippen LogP contribution in [0.1, 0.15) is 51.4 Å². The Bertz CT molecular complexity index is 344. The summed E-state index contributed by atoms with van der Waals surface area (Å²) in [6.07, 6.45) is 17.3. The Morgan fingerprint density at radius 1 is 0.812 bits per heavy atom. The van der Waals surface area contributed by atoms with Gasteiger partial charge in [-0.1, -0.05) is 24.3 Å². The maximum Gasteiger partial charge on any atom is 0.184 e. The van der Waals surface area contributed by atoms with Crippen LogP contribution in [0.5, 0.6) is 0 Å². The summed E-state index contributed by atoms with van der Waals surface area (Å²) in [5, 5.41) is 0. The molecular weight excluding hydrogens is 196 g/mol. The van der Waals surface area contributed by atoms with Crippen molar-refractivity contribution < 1.29 is 4.79 Å². The van der Waals surface area contributed by atoms with E-state index in [1.165, 1.54) is 12.8 Å². The first-order valence-electron chi connectivity index (χ1n) is 6.45. The molecule has 0 aromatic rings. The Balaban J connectivity index is 2.05. The fraction of sp³-hybridized carbons (Fsp3) is 0.533. The monoisotopic (exact) mass is 216 g/mol. The Kier molecular flexibility index (Phi) is 4.15. The second-order valence-electron chi connectivity index (χ2n) is 4.62. The molecule has 2 aliphatic rings. The van der Waals surface area contributed by atoms with Gasteiger partial charge in [-0.3, -0.25) is 4.79 Å². The zero-order valence-corrected chi connectivity index (χ0v) is 9.87. The number of Topliss-reactive ketones (excluding diaryl/α,β-unsaturated/α-hetero) is 1. The lowest BCUT2D eigenvalue weighted by Crippen LogP contribution is -2.09. The van der Waals surface area contributed by atoms with Crippen molar-refractivity contribution in [2.24, 2.45) is 0 Å². The molecule has 16 heavy (non-hydrogen) atoms. The minimum atomic E-state index is 0.329. The molecule has 0 N–H and O–H groups in total. The molecule has 0 radical (unpaired) electrons. The SMILES string of the molecule is O=C(C1=CCCCC1)/C1=C/CC/C=C\CC1. The van der Waals surface area contributed by atoms with Gasteiger partial charge in [0.25, 0.3) is 0 Å². The van der Waals surface area contributed by atoms with Crippen LogP contribution in [-0.2, 0) is 4.79 Å². The molecule has 0 aliphatic heterocycles. The van der Waals surface area contributed by atoms with Gasteiger partial charge in [0, 0.05) is 0 Å². The van der Waals surface area contributed by atoms with Gasteiger partial charge in [-0.15, -0.1) is 0 Å². The molecule has 86 valence electrons. The molecule has 0 amide bonds. The van der Waals surface area contributed by atoms with Crippen LogP contribution in [0.15, 0.2) is 35.5 Å². The molecule has 0 unspecified atom stereocenters. The van der Waals surface area contributed by atoms with Gasteiger partial charge < -0.3 is 0 Å². The molecule has 2 aliphatic carbocycles. The molecule has 0 aromatic carbocycles. The van der Waals surface area contributed by atoms with Crippen molar-refractivity contribution in [2.45, 2.75) is 51.4 Å². The molecule has 0 spiro atoms. The van der Waals surface area contributed by atoms with E-state index in [1.807, 2.05) is 0 Å². The molecule has 0 heterocycles. The highest BCUT2D eigenvalue weighted by Gasteiger charge is 2.16. The van der Waals surface area contributed by atoms with Gasteiger partial charge in [0.15, 0.2) is 5.78 Å². The first kappa shape index (κ1) is 11.4. The number of rotatable bonds is 2. The molecule has 0 saturated carbocycles. The van der Waals surface area contributed by atoms with Gasteiger partial charge in [-0.25, -0.2) is 0 Å².